The van der Waals surface area contributed by atoms with E-state index < -0.39 is 0 Å². The molecular weight excluding hydrogens is 288 g/mol. The van der Waals surface area contributed by atoms with Gasteiger partial charge >= 0.3 is 0 Å². The lowest BCUT2D eigenvalue weighted by Gasteiger charge is -2.08. The van der Waals surface area contributed by atoms with Crippen LogP contribution in [0.1, 0.15) is 0 Å². The highest BCUT2D eigenvalue weighted by Crippen LogP contribution is 2.35. The van der Waals surface area contributed by atoms with E-state index in [1.807, 2.05) is 18.2 Å². The molecule has 0 fully saturated rings. The lowest BCUT2D eigenvalue weighted by molar-refractivity contribution is 0.355. The van der Waals surface area contributed by atoms with Gasteiger partial charge in [0.25, 0.3) is 0 Å². The molecule has 2 aromatic rings. The number of halogens is 1. The van der Waals surface area contributed by atoms with Gasteiger partial charge < -0.3 is 9.47 Å². The van der Waals surface area contributed by atoms with Crippen molar-refractivity contribution in [3.05, 3.63) is 34.1 Å². The quantitative estimate of drug-likeness (QED) is 0.846. The summed E-state index contributed by atoms with van der Waals surface area (Å²) in [7, 11) is 3.28. The van der Waals surface area contributed by atoms with Crippen molar-refractivity contribution in [2.24, 2.45) is 0 Å². The monoisotopic (exact) mass is 298 g/mol. The zero-order chi connectivity index (χ0) is 11.5. The van der Waals surface area contributed by atoms with Crippen molar-refractivity contribution in [3.63, 3.8) is 0 Å². The van der Waals surface area contributed by atoms with Crippen molar-refractivity contribution in [2.45, 2.75) is 0 Å². The molecule has 1 aromatic carbocycles. The molecule has 2 rings (SSSR count). The van der Waals surface area contributed by atoms with Gasteiger partial charge in [0.1, 0.15) is 0 Å². The second kappa shape index (κ2) is 4.89. The van der Waals surface area contributed by atoms with Crippen LogP contribution < -0.4 is 9.47 Å². The van der Waals surface area contributed by atoms with Gasteiger partial charge in [0.2, 0.25) is 0 Å². The fourth-order valence-corrected chi connectivity index (χ4v) is 2.88. The van der Waals surface area contributed by atoms with Crippen molar-refractivity contribution < 1.29 is 9.47 Å². The summed E-state index contributed by atoms with van der Waals surface area (Å²) in [5.74, 6) is 1.51. The first-order chi connectivity index (χ1) is 7.74. The third-order valence-electron chi connectivity index (χ3n) is 2.24. The molecule has 84 valence electrons. The van der Waals surface area contributed by atoms with Gasteiger partial charge in [0.05, 0.1) is 14.2 Å². The first-order valence-corrected chi connectivity index (χ1v) is 6.38. The minimum atomic E-state index is 0.752. The molecule has 0 radical (unpaired) electrons. The molecule has 0 bridgehead atoms. The largest absolute Gasteiger partial charge is 0.493 e. The molecule has 0 saturated heterocycles. The number of hydrogen-bond acceptors (Lipinski definition) is 3. The SMILES string of the molecule is COc1ccc(-c2cc(Br)cs2)cc1OC. The van der Waals surface area contributed by atoms with E-state index in [9.17, 15) is 0 Å². The Bertz CT molecular complexity index is 494. The van der Waals surface area contributed by atoms with Crippen LogP contribution in [0, 0.1) is 0 Å². The van der Waals surface area contributed by atoms with E-state index in [-0.39, 0.29) is 0 Å². The van der Waals surface area contributed by atoms with Crippen molar-refractivity contribution in [2.75, 3.05) is 14.2 Å². The predicted octanol–water partition coefficient (Wildman–Crippen LogP) is 4.19. The first kappa shape index (κ1) is 11.5. The molecule has 0 unspecified atom stereocenters. The summed E-state index contributed by atoms with van der Waals surface area (Å²) in [5.41, 5.74) is 1.13. The second-order valence-corrected chi connectivity index (χ2v) is 5.03. The minimum absolute atomic E-state index is 0.752. The molecule has 1 heterocycles. The topological polar surface area (TPSA) is 18.5 Å². The van der Waals surface area contributed by atoms with Gasteiger partial charge in [-0.05, 0) is 45.8 Å². The van der Waals surface area contributed by atoms with Crippen LogP contribution in [0.3, 0.4) is 0 Å². The molecule has 0 saturated carbocycles. The Labute approximate surface area is 107 Å². The van der Waals surface area contributed by atoms with Crippen LogP contribution >= 0.6 is 27.3 Å². The fraction of sp³-hybridized carbons (Fsp3) is 0.167. The van der Waals surface area contributed by atoms with Gasteiger partial charge in [-0.3, -0.25) is 0 Å². The van der Waals surface area contributed by atoms with Crippen molar-refractivity contribution in [1.82, 2.24) is 0 Å². The van der Waals surface area contributed by atoms with E-state index in [0.717, 1.165) is 21.5 Å². The maximum atomic E-state index is 5.27. The Morgan fingerprint density at radius 2 is 1.81 bits per heavy atom. The summed E-state index contributed by atoms with van der Waals surface area (Å²) in [6.45, 7) is 0. The van der Waals surface area contributed by atoms with Crippen LogP contribution in [0.4, 0.5) is 0 Å². The molecule has 0 spiro atoms. The molecule has 0 atom stereocenters. The third kappa shape index (κ3) is 2.23. The fourth-order valence-electron chi connectivity index (χ4n) is 1.45. The van der Waals surface area contributed by atoms with Crippen LogP contribution in [0.2, 0.25) is 0 Å². The maximum absolute atomic E-state index is 5.27. The normalized spacial score (nSPS) is 10.2. The van der Waals surface area contributed by atoms with E-state index in [1.165, 1.54) is 4.88 Å². The smallest absolute Gasteiger partial charge is 0.161 e. The average Bonchev–Trinajstić information content (AvgIpc) is 2.75. The maximum Gasteiger partial charge on any atom is 0.161 e. The Hall–Kier alpha value is -1.00. The highest BCUT2D eigenvalue weighted by Gasteiger charge is 2.07. The average molecular weight is 299 g/mol. The first-order valence-electron chi connectivity index (χ1n) is 4.71. The van der Waals surface area contributed by atoms with E-state index in [1.54, 1.807) is 25.6 Å². The molecule has 0 aliphatic rings. The summed E-state index contributed by atoms with van der Waals surface area (Å²) < 4.78 is 11.6. The van der Waals surface area contributed by atoms with Crippen LogP contribution in [0.25, 0.3) is 10.4 Å². The van der Waals surface area contributed by atoms with Gasteiger partial charge in [-0.1, -0.05) is 0 Å². The third-order valence-corrected chi connectivity index (χ3v) is 3.98. The predicted molar refractivity (Wildman–Crippen MR) is 70.6 cm³/mol. The standard InChI is InChI=1S/C12H11BrO2S/c1-14-10-4-3-8(5-11(10)15-2)12-6-9(13)7-16-12/h3-7H,1-2H3. The van der Waals surface area contributed by atoms with Gasteiger partial charge in [-0.25, -0.2) is 0 Å². The van der Waals surface area contributed by atoms with Crippen LogP contribution in [0.5, 0.6) is 11.5 Å². The van der Waals surface area contributed by atoms with Crippen molar-refractivity contribution in [1.29, 1.82) is 0 Å². The zero-order valence-electron chi connectivity index (χ0n) is 8.99. The lowest BCUT2D eigenvalue weighted by Crippen LogP contribution is -1.90. The van der Waals surface area contributed by atoms with Gasteiger partial charge in [0.15, 0.2) is 11.5 Å². The number of ether oxygens (including phenoxy) is 2. The molecule has 1 aromatic heterocycles. The Morgan fingerprint density at radius 1 is 1.06 bits per heavy atom. The summed E-state index contributed by atoms with van der Waals surface area (Å²) >= 11 is 5.14. The van der Waals surface area contributed by atoms with Crippen LogP contribution in [-0.2, 0) is 0 Å². The number of thiophene rings is 1. The van der Waals surface area contributed by atoms with E-state index in [4.69, 9.17) is 9.47 Å². The zero-order valence-corrected chi connectivity index (χ0v) is 11.4. The van der Waals surface area contributed by atoms with Crippen molar-refractivity contribution in [3.8, 4) is 21.9 Å². The molecule has 4 heteroatoms. The van der Waals surface area contributed by atoms with Crippen LogP contribution in [0.15, 0.2) is 34.1 Å². The van der Waals surface area contributed by atoms with E-state index in [2.05, 4.69) is 27.4 Å². The van der Waals surface area contributed by atoms with Crippen LogP contribution in [-0.4, -0.2) is 14.2 Å². The minimum Gasteiger partial charge on any atom is -0.493 e. The number of benzene rings is 1. The van der Waals surface area contributed by atoms with Crippen molar-refractivity contribution >= 4 is 27.3 Å². The highest BCUT2D eigenvalue weighted by atomic mass is 79.9. The number of hydrogen-bond donors (Lipinski definition) is 0. The Morgan fingerprint density at radius 3 is 2.38 bits per heavy atom. The van der Waals surface area contributed by atoms with Gasteiger partial charge in [-0.15, -0.1) is 11.3 Å². The number of methoxy groups -OCH3 is 2. The Kier molecular flexibility index (Phi) is 3.51. The summed E-state index contributed by atoms with van der Waals surface area (Å²) in [6.07, 6.45) is 0. The molecule has 2 nitrogen and oxygen atoms in total. The summed E-state index contributed by atoms with van der Waals surface area (Å²) in [6, 6.07) is 8.02. The van der Waals surface area contributed by atoms with Gasteiger partial charge in [0, 0.05) is 14.7 Å². The van der Waals surface area contributed by atoms with E-state index >= 15 is 0 Å². The van der Waals surface area contributed by atoms with E-state index in [0.29, 0.717) is 0 Å². The summed E-state index contributed by atoms with van der Waals surface area (Å²) in [4.78, 5) is 1.20. The molecule has 0 aliphatic carbocycles. The van der Waals surface area contributed by atoms with Gasteiger partial charge in [-0.2, -0.15) is 0 Å². The number of rotatable bonds is 3. The molecule has 0 N–H and O–H groups in total. The summed E-state index contributed by atoms with van der Waals surface area (Å²) in [5, 5.41) is 2.06. The lowest BCUT2D eigenvalue weighted by atomic mass is 10.1. The molecular formula is C12H11BrO2S. The molecule has 16 heavy (non-hydrogen) atoms. The highest BCUT2D eigenvalue weighted by molar-refractivity contribution is 9.10. The second-order valence-electron chi connectivity index (χ2n) is 3.20. The molecule has 0 amide bonds. The molecule has 0 aliphatic heterocycles. The Balaban J connectivity index is 2.43.